The van der Waals surface area contributed by atoms with Gasteiger partial charge in [0.1, 0.15) is 33.2 Å². The fourth-order valence-corrected chi connectivity index (χ4v) is 6.43. The number of aryl methyl sites for hydroxylation is 2. The predicted molar refractivity (Wildman–Crippen MR) is 150 cm³/mol. The highest BCUT2D eigenvalue weighted by atomic mass is 32.2. The lowest BCUT2D eigenvalue weighted by molar-refractivity contribution is -0.137. The highest BCUT2D eigenvalue weighted by molar-refractivity contribution is 7.90. The van der Waals surface area contributed by atoms with Gasteiger partial charge in [-0.2, -0.15) is 0 Å². The van der Waals surface area contributed by atoms with E-state index in [1.165, 1.54) is 28.5 Å². The minimum atomic E-state index is -2.99. The molecule has 0 aromatic heterocycles. The van der Waals surface area contributed by atoms with Gasteiger partial charge in [-0.25, -0.2) is 8.42 Å². The Kier molecular flexibility index (Phi) is 7.58. The molecule has 1 N–H and O–H groups in total. The summed E-state index contributed by atoms with van der Waals surface area (Å²) in [5.41, 5.74) is 7.99. The Morgan fingerprint density at radius 1 is 1.05 bits per heavy atom. The number of rotatable bonds is 10. The van der Waals surface area contributed by atoms with E-state index in [0.717, 1.165) is 41.0 Å². The van der Waals surface area contributed by atoms with E-state index in [4.69, 9.17) is 19.3 Å². The first-order chi connectivity index (χ1) is 18.6. The molecule has 1 heterocycles. The van der Waals surface area contributed by atoms with Gasteiger partial charge in [0.2, 0.25) is 0 Å². The van der Waals surface area contributed by atoms with Crippen molar-refractivity contribution in [3.8, 4) is 28.4 Å². The van der Waals surface area contributed by atoms with Gasteiger partial charge in [-0.1, -0.05) is 24.3 Å². The van der Waals surface area contributed by atoms with Crippen LogP contribution in [-0.4, -0.2) is 44.7 Å². The van der Waals surface area contributed by atoms with E-state index < -0.39 is 15.8 Å². The summed E-state index contributed by atoms with van der Waals surface area (Å²) in [6.07, 6.45) is 3.45. The Morgan fingerprint density at radius 3 is 2.54 bits per heavy atom. The zero-order chi connectivity index (χ0) is 27.7. The molecule has 8 heteroatoms. The van der Waals surface area contributed by atoms with E-state index in [0.29, 0.717) is 25.4 Å². The predicted octanol–water partition coefficient (Wildman–Crippen LogP) is 5.80. The molecular formula is C31H34O7S. The standard InChI is InChI=1S/C31H34O7S/c1-19-14-23(36-12-5-13-39(3,34)35)15-20(2)31(19)27-7-4-6-26-25(27)10-11-28(26)38-22-8-9-24-21(16-30(32)33)18-37-29(24)17-22/h4,6-9,14-15,17,21,28H,5,10-13,16,18H2,1-3H3,(H,32,33)/t21-,28?/m1/s1. The Balaban J connectivity index is 1.33. The lowest BCUT2D eigenvalue weighted by Gasteiger charge is -2.18. The topological polar surface area (TPSA) is 99.1 Å². The first kappa shape index (κ1) is 27.1. The summed E-state index contributed by atoms with van der Waals surface area (Å²) < 4.78 is 40.8. The highest BCUT2D eigenvalue weighted by Gasteiger charge is 2.30. The number of carbonyl (C=O) groups is 1. The van der Waals surface area contributed by atoms with Crippen LogP contribution in [0, 0.1) is 13.8 Å². The van der Waals surface area contributed by atoms with Crippen molar-refractivity contribution in [2.45, 2.75) is 51.6 Å². The number of carboxylic acids is 1. The molecule has 39 heavy (non-hydrogen) atoms. The molecule has 2 atom stereocenters. The number of carboxylic acid groups (broad SMARTS) is 1. The van der Waals surface area contributed by atoms with Crippen LogP contribution in [0.5, 0.6) is 17.2 Å². The summed E-state index contributed by atoms with van der Waals surface area (Å²) in [6, 6.07) is 16.1. The zero-order valence-corrected chi connectivity index (χ0v) is 23.3. The van der Waals surface area contributed by atoms with Crippen molar-refractivity contribution in [1.82, 2.24) is 0 Å². The lowest BCUT2D eigenvalue weighted by Crippen LogP contribution is -2.08. The van der Waals surface area contributed by atoms with Crippen molar-refractivity contribution in [3.05, 3.63) is 76.3 Å². The molecule has 0 amide bonds. The van der Waals surface area contributed by atoms with Gasteiger partial charge in [0, 0.05) is 23.8 Å². The molecule has 1 unspecified atom stereocenters. The number of hydrogen-bond acceptors (Lipinski definition) is 6. The van der Waals surface area contributed by atoms with Gasteiger partial charge in [0.15, 0.2) is 0 Å². The molecule has 1 aliphatic heterocycles. The summed E-state index contributed by atoms with van der Waals surface area (Å²) in [5, 5.41) is 9.15. The summed E-state index contributed by atoms with van der Waals surface area (Å²) in [7, 11) is -2.99. The molecule has 5 rings (SSSR count). The average molecular weight is 551 g/mol. The van der Waals surface area contributed by atoms with Crippen LogP contribution < -0.4 is 14.2 Å². The third-order valence-electron chi connectivity index (χ3n) is 7.48. The number of fused-ring (bicyclic) bond motifs is 2. The maximum absolute atomic E-state index is 11.4. The van der Waals surface area contributed by atoms with Crippen LogP contribution in [0.4, 0.5) is 0 Å². The van der Waals surface area contributed by atoms with E-state index >= 15 is 0 Å². The minimum absolute atomic E-state index is 0.0566. The smallest absolute Gasteiger partial charge is 0.304 e. The molecule has 3 aromatic rings. The van der Waals surface area contributed by atoms with Crippen LogP contribution in [0.15, 0.2) is 48.5 Å². The molecule has 2 aliphatic rings. The molecule has 0 fully saturated rings. The molecule has 0 spiro atoms. The number of benzene rings is 3. The van der Waals surface area contributed by atoms with Crippen molar-refractivity contribution in [2.75, 3.05) is 25.2 Å². The van der Waals surface area contributed by atoms with Gasteiger partial charge in [0.25, 0.3) is 0 Å². The van der Waals surface area contributed by atoms with Crippen molar-refractivity contribution >= 4 is 15.8 Å². The van der Waals surface area contributed by atoms with Gasteiger partial charge in [-0.05, 0) is 84.7 Å². The van der Waals surface area contributed by atoms with Gasteiger partial charge < -0.3 is 19.3 Å². The number of hydrogen-bond donors (Lipinski definition) is 1. The van der Waals surface area contributed by atoms with Crippen LogP contribution in [0.3, 0.4) is 0 Å². The van der Waals surface area contributed by atoms with Gasteiger partial charge in [-0.3, -0.25) is 4.79 Å². The molecule has 1 aliphatic carbocycles. The van der Waals surface area contributed by atoms with Gasteiger partial charge >= 0.3 is 5.97 Å². The van der Waals surface area contributed by atoms with Gasteiger partial charge in [0.05, 0.1) is 25.4 Å². The monoisotopic (exact) mass is 550 g/mol. The Labute approximate surface area is 229 Å². The average Bonchev–Trinajstić information content (AvgIpc) is 3.45. The van der Waals surface area contributed by atoms with E-state index in [1.807, 2.05) is 30.3 Å². The third kappa shape index (κ3) is 6.06. The van der Waals surface area contributed by atoms with E-state index in [9.17, 15) is 13.2 Å². The highest BCUT2D eigenvalue weighted by Crippen LogP contribution is 2.44. The molecule has 0 bridgehead atoms. The fraction of sp³-hybridized carbons (Fsp3) is 0.387. The van der Waals surface area contributed by atoms with Crippen LogP contribution in [0.2, 0.25) is 0 Å². The summed E-state index contributed by atoms with van der Waals surface area (Å²) in [6.45, 7) is 4.90. The molecule has 7 nitrogen and oxygen atoms in total. The molecule has 0 saturated carbocycles. The molecule has 3 aromatic carbocycles. The van der Waals surface area contributed by atoms with Crippen LogP contribution >= 0.6 is 0 Å². The second-order valence-corrected chi connectivity index (χ2v) is 12.8. The van der Waals surface area contributed by atoms with Crippen LogP contribution in [0.1, 0.15) is 59.1 Å². The maximum Gasteiger partial charge on any atom is 0.304 e. The number of ether oxygens (including phenoxy) is 3. The first-order valence-corrected chi connectivity index (χ1v) is 15.3. The van der Waals surface area contributed by atoms with Crippen LogP contribution in [-0.2, 0) is 21.1 Å². The minimum Gasteiger partial charge on any atom is -0.494 e. The van der Waals surface area contributed by atoms with E-state index in [-0.39, 0.29) is 24.2 Å². The second-order valence-electron chi connectivity index (χ2n) is 10.6. The summed E-state index contributed by atoms with van der Waals surface area (Å²) >= 11 is 0. The number of sulfone groups is 1. The lowest BCUT2D eigenvalue weighted by atomic mass is 9.90. The first-order valence-electron chi connectivity index (χ1n) is 13.3. The van der Waals surface area contributed by atoms with E-state index in [1.54, 1.807) is 0 Å². The van der Waals surface area contributed by atoms with Crippen molar-refractivity contribution in [1.29, 1.82) is 0 Å². The SMILES string of the molecule is Cc1cc(OCCCS(C)(=O)=O)cc(C)c1-c1cccc2c1CCC2Oc1ccc2c(c1)OC[C@H]2CC(=O)O. The van der Waals surface area contributed by atoms with Crippen molar-refractivity contribution in [3.63, 3.8) is 0 Å². The van der Waals surface area contributed by atoms with Crippen molar-refractivity contribution in [2.24, 2.45) is 0 Å². The number of aliphatic carboxylic acids is 1. The third-order valence-corrected chi connectivity index (χ3v) is 8.51. The Morgan fingerprint density at radius 2 is 1.82 bits per heavy atom. The normalized spacial score (nSPS) is 17.8. The molecule has 0 saturated heterocycles. The Hall–Kier alpha value is -3.52. The second kappa shape index (κ2) is 10.9. The molecular weight excluding hydrogens is 516 g/mol. The zero-order valence-electron chi connectivity index (χ0n) is 22.5. The fourth-order valence-electron chi connectivity index (χ4n) is 5.79. The van der Waals surface area contributed by atoms with Crippen molar-refractivity contribution < 1.29 is 32.5 Å². The van der Waals surface area contributed by atoms with Crippen LogP contribution in [0.25, 0.3) is 11.1 Å². The Bertz CT molecular complexity index is 1490. The molecule has 206 valence electrons. The maximum atomic E-state index is 11.4. The summed E-state index contributed by atoms with van der Waals surface area (Å²) in [4.78, 5) is 11.1. The van der Waals surface area contributed by atoms with Gasteiger partial charge in [-0.15, -0.1) is 0 Å². The van der Waals surface area contributed by atoms with E-state index in [2.05, 4.69) is 32.0 Å². The largest absolute Gasteiger partial charge is 0.494 e. The molecule has 0 radical (unpaired) electrons. The quantitative estimate of drug-likeness (QED) is 0.319. The summed E-state index contributed by atoms with van der Waals surface area (Å²) in [5.74, 6) is 1.34.